The fraction of sp³-hybridized carbons (Fsp3) is 0.562. The number of carbonyl (C=O) groups is 1. The Kier molecular flexibility index (Phi) is 5.41. The summed E-state index contributed by atoms with van der Waals surface area (Å²) in [5.74, 6) is 0.567. The molecule has 0 aromatic heterocycles. The van der Waals surface area contributed by atoms with Crippen molar-refractivity contribution in [3.63, 3.8) is 0 Å². The van der Waals surface area contributed by atoms with E-state index >= 15 is 0 Å². The van der Waals surface area contributed by atoms with Gasteiger partial charge in [-0.3, -0.25) is 4.79 Å². The van der Waals surface area contributed by atoms with Gasteiger partial charge in [-0.15, -0.1) is 0 Å². The maximum Gasteiger partial charge on any atom is 0.307 e. The Morgan fingerprint density at radius 2 is 1.80 bits per heavy atom. The number of hydrogen-bond acceptors (Lipinski definition) is 4. The van der Waals surface area contributed by atoms with Crippen molar-refractivity contribution in [2.24, 2.45) is 5.73 Å². The van der Waals surface area contributed by atoms with Gasteiger partial charge in [0.05, 0.1) is 6.42 Å². The summed E-state index contributed by atoms with van der Waals surface area (Å²) in [6, 6.07) is 9.49. The molecule has 4 nitrogen and oxygen atoms in total. The lowest BCUT2D eigenvalue weighted by Gasteiger charge is -2.32. The summed E-state index contributed by atoms with van der Waals surface area (Å²) >= 11 is 0. The fourth-order valence-corrected chi connectivity index (χ4v) is 2.60. The van der Waals surface area contributed by atoms with Crippen LogP contribution in [-0.2, 0) is 9.53 Å². The highest BCUT2D eigenvalue weighted by atomic mass is 16.6. The van der Waals surface area contributed by atoms with E-state index in [2.05, 4.69) is 0 Å². The molecular formula is C16H23NO3. The van der Waals surface area contributed by atoms with Crippen molar-refractivity contribution in [1.29, 1.82) is 0 Å². The van der Waals surface area contributed by atoms with E-state index in [0.29, 0.717) is 13.0 Å². The number of hydrogen-bond donors (Lipinski definition) is 1. The SMILES string of the molecule is NC1(CC(=O)OCCOc2ccccc2)CCCCC1. The minimum Gasteiger partial charge on any atom is -0.490 e. The lowest BCUT2D eigenvalue weighted by Crippen LogP contribution is -2.44. The number of carbonyl (C=O) groups excluding carboxylic acids is 1. The van der Waals surface area contributed by atoms with Crippen LogP contribution >= 0.6 is 0 Å². The van der Waals surface area contributed by atoms with Crippen molar-refractivity contribution in [3.05, 3.63) is 30.3 Å². The topological polar surface area (TPSA) is 61.6 Å². The standard InChI is InChI=1S/C16H23NO3/c17-16(9-5-2-6-10-16)13-15(18)20-12-11-19-14-7-3-1-4-8-14/h1,3-4,7-8H,2,5-6,9-13,17H2. The molecule has 0 bridgehead atoms. The zero-order chi connectivity index (χ0) is 14.3. The third kappa shape index (κ3) is 4.85. The lowest BCUT2D eigenvalue weighted by molar-refractivity contribution is -0.146. The van der Waals surface area contributed by atoms with Crippen LogP contribution in [0.25, 0.3) is 0 Å². The summed E-state index contributed by atoms with van der Waals surface area (Å²) in [7, 11) is 0. The monoisotopic (exact) mass is 277 g/mol. The largest absolute Gasteiger partial charge is 0.490 e. The van der Waals surface area contributed by atoms with E-state index < -0.39 is 0 Å². The number of para-hydroxylation sites is 1. The molecule has 2 rings (SSSR count). The Bertz CT molecular complexity index is 413. The van der Waals surface area contributed by atoms with Crippen molar-refractivity contribution in [3.8, 4) is 5.75 Å². The zero-order valence-electron chi connectivity index (χ0n) is 11.8. The van der Waals surface area contributed by atoms with Gasteiger partial charge in [0.25, 0.3) is 0 Å². The van der Waals surface area contributed by atoms with Gasteiger partial charge in [-0.1, -0.05) is 37.5 Å². The molecule has 0 saturated heterocycles. The average Bonchev–Trinajstić information content (AvgIpc) is 2.45. The molecule has 0 aliphatic heterocycles. The molecule has 1 aliphatic rings. The summed E-state index contributed by atoms with van der Waals surface area (Å²) in [6.45, 7) is 0.636. The lowest BCUT2D eigenvalue weighted by atomic mass is 9.80. The van der Waals surface area contributed by atoms with E-state index in [1.807, 2.05) is 30.3 Å². The highest BCUT2D eigenvalue weighted by molar-refractivity contribution is 5.70. The maximum absolute atomic E-state index is 11.8. The van der Waals surface area contributed by atoms with Gasteiger partial charge in [0, 0.05) is 5.54 Å². The van der Waals surface area contributed by atoms with Crippen LogP contribution < -0.4 is 10.5 Å². The first-order valence-electron chi connectivity index (χ1n) is 7.30. The molecule has 110 valence electrons. The molecule has 1 aromatic carbocycles. The highest BCUT2D eigenvalue weighted by Crippen LogP contribution is 2.28. The van der Waals surface area contributed by atoms with Crippen LogP contribution in [0.1, 0.15) is 38.5 Å². The highest BCUT2D eigenvalue weighted by Gasteiger charge is 2.30. The zero-order valence-corrected chi connectivity index (χ0v) is 11.8. The third-order valence-corrected chi connectivity index (χ3v) is 3.70. The third-order valence-electron chi connectivity index (χ3n) is 3.70. The first-order valence-corrected chi connectivity index (χ1v) is 7.30. The van der Waals surface area contributed by atoms with Crippen LogP contribution in [0.5, 0.6) is 5.75 Å². The van der Waals surface area contributed by atoms with Crippen LogP contribution in [0.4, 0.5) is 0 Å². The van der Waals surface area contributed by atoms with E-state index in [9.17, 15) is 4.79 Å². The Hall–Kier alpha value is -1.55. The molecule has 1 aromatic rings. The van der Waals surface area contributed by atoms with Gasteiger partial charge in [-0.25, -0.2) is 0 Å². The summed E-state index contributed by atoms with van der Waals surface area (Å²) in [6.07, 6.45) is 5.60. The predicted octanol–water partition coefficient (Wildman–Crippen LogP) is 2.66. The molecule has 1 saturated carbocycles. The van der Waals surface area contributed by atoms with E-state index in [4.69, 9.17) is 15.2 Å². The number of rotatable bonds is 6. The normalized spacial score (nSPS) is 17.4. The van der Waals surface area contributed by atoms with E-state index in [1.165, 1.54) is 6.42 Å². The minimum atomic E-state index is -0.352. The van der Waals surface area contributed by atoms with Gasteiger partial charge in [-0.2, -0.15) is 0 Å². The number of benzene rings is 1. The first-order chi connectivity index (χ1) is 9.68. The van der Waals surface area contributed by atoms with Crippen LogP contribution in [0.2, 0.25) is 0 Å². The second-order valence-corrected chi connectivity index (χ2v) is 5.48. The maximum atomic E-state index is 11.8. The second kappa shape index (κ2) is 7.29. The number of ether oxygens (including phenoxy) is 2. The van der Waals surface area contributed by atoms with Crippen LogP contribution in [0, 0.1) is 0 Å². The van der Waals surface area contributed by atoms with E-state index in [0.717, 1.165) is 31.4 Å². The average molecular weight is 277 g/mol. The summed E-state index contributed by atoms with van der Waals surface area (Å²) < 4.78 is 10.7. The molecule has 20 heavy (non-hydrogen) atoms. The number of esters is 1. The van der Waals surface area contributed by atoms with Crippen molar-refractivity contribution in [2.45, 2.75) is 44.1 Å². The molecule has 0 amide bonds. The quantitative estimate of drug-likeness (QED) is 0.641. The van der Waals surface area contributed by atoms with E-state index in [1.54, 1.807) is 0 Å². The summed E-state index contributed by atoms with van der Waals surface area (Å²) in [4.78, 5) is 11.8. The van der Waals surface area contributed by atoms with Gasteiger partial charge in [0.15, 0.2) is 0 Å². The molecule has 1 fully saturated rings. The Morgan fingerprint density at radius 1 is 1.10 bits per heavy atom. The predicted molar refractivity (Wildman–Crippen MR) is 77.5 cm³/mol. The summed E-state index contributed by atoms with van der Waals surface area (Å²) in [5, 5.41) is 0. The molecule has 0 spiro atoms. The molecule has 0 unspecified atom stereocenters. The molecule has 0 radical (unpaired) electrons. The first kappa shape index (κ1) is 14.9. The molecule has 4 heteroatoms. The Morgan fingerprint density at radius 3 is 2.50 bits per heavy atom. The van der Waals surface area contributed by atoms with Crippen molar-refractivity contribution < 1.29 is 14.3 Å². The fourth-order valence-electron chi connectivity index (χ4n) is 2.60. The second-order valence-electron chi connectivity index (χ2n) is 5.48. The molecule has 1 aliphatic carbocycles. The molecule has 0 atom stereocenters. The Labute approximate surface area is 120 Å². The van der Waals surface area contributed by atoms with Crippen LogP contribution in [0.3, 0.4) is 0 Å². The molecular weight excluding hydrogens is 254 g/mol. The van der Waals surface area contributed by atoms with Crippen LogP contribution in [-0.4, -0.2) is 24.7 Å². The summed E-state index contributed by atoms with van der Waals surface area (Å²) in [5.41, 5.74) is 5.87. The smallest absolute Gasteiger partial charge is 0.307 e. The minimum absolute atomic E-state index is 0.217. The van der Waals surface area contributed by atoms with Gasteiger partial charge in [-0.05, 0) is 25.0 Å². The van der Waals surface area contributed by atoms with E-state index in [-0.39, 0.29) is 18.1 Å². The molecule has 0 heterocycles. The molecule has 2 N–H and O–H groups in total. The van der Waals surface area contributed by atoms with Gasteiger partial charge >= 0.3 is 5.97 Å². The van der Waals surface area contributed by atoms with Crippen molar-refractivity contribution in [2.75, 3.05) is 13.2 Å². The van der Waals surface area contributed by atoms with Gasteiger partial charge in [0.1, 0.15) is 19.0 Å². The Balaban J connectivity index is 1.63. The van der Waals surface area contributed by atoms with Gasteiger partial charge in [0.2, 0.25) is 0 Å². The van der Waals surface area contributed by atoms with Crippen LogP contribution in [0.15, 0.2) is 30.3 Å². The van der Waals surface area contributed by atoms with Crippen molar-refractivity contribution in [1.82, 2.24) is 0 Å². The van der Waals surface area contributed by atoms with Gasteiger partial charge < -0.3 is 15.2 Å². The number of nitrogens with two attached hydrogens (primary N) is 1. The van der Waals surface area contributed by atoms with Crippen molar-refractivity contribution >= 4 is 5.97 Å².